The predicted molar refractivity (Wildman–Crippen MR) is 77.2 cm³/mol. The monoisotopic (exact) mass is 328 g/mol. The Balaban J connectivity index is 2.25. The average Bonchev–Trinajstić information content (AvgIpc) is 2.41. The van der Waals surface area contributed by atoms with E-state index in [-0.39, 0.29) is 21.2 Å². The topological polar surface area (TPSA) is 89.3 Å². The van der Waals surface area contributed by atoms with E-state index in [1.807, 2.05) is 0 Å². The Kier molecular flexibility index (Phi) is 4.26. The Morgan fingerprint density at radius 2 is 1.90 bits per heavy atom. The van der Waals surface area contributed by atoms with E-state index in [0.717, 1.165) is 6.07 Å². The van der Waals surface area contributed by atoms with Gasteiger partial charge in [-0.25, -0.2) is 17.9 Å². The maximum absolute atomic E-state index is 13.3. The van der Waals surface area contributed by atoms with Crippen molar-refractivity contribution in [3.63, 3.8) is 0 Å². The molecule has 8 heteroatoms. The fourth-order valence-corrected chi connectivity index (χ4v) is 2.27. The number of rotatable bonds is 3. The SMILES string of the molecule is NS(=O)(=O)c1cccc(NC(=O)c2ccc(Cl)c(F)c2)c1. The standard InChI is InChI=1S/C13H10ClFN2O3S/c14-11-5-4-8(6-12(11)15)13(18)17-9-2-1-3-10(7-9)21(16,19)20/h1-7H,(H,17,18)(H2,16,19,20). The van der Waals surface area contributed by atoms with E-state index in [4.69, 9.17) is 16.7 Å². The van der Waals surface area contributed by atoms with Crippen LogP contribution >= 0.6 is 11.6 Å². The summed E-state index contributed by atoms with van der Waals surface area (Å²) in [7, 11) is -3.87. The van der Waals surface area contributed by atoms with Crippen molar-refractivity contribution in [2.45, 2.75) is 4.90 Å². The van der Waals surface area contributed by atoms with Crippen LogP contribution in [0.2, 0.25) is 5.02 Å². The van der Waals surface area contributed by atoms with E-state index in [9.17, 15) is 17.6 Å². The van der Waals surface area contributed by atoms with Gasteiger partial charge in [0.05, 0.1) is 9.92 Å². The van der Waals surface area contributed by atoms with Gasteiger partial charge < -0.3 is 5.32 Å². The van der Waals surface area contributed by atoms with E-state index in [1.165, 1.54) is 36.4 Å². The number of amides is 1. The largest absolute Gasteiger partial charge is 0.322 e. The van der Waals surface area contributed by atoms with E-state index < -0.39 is 21.7 Å². The summed E-state index contributed by atoms with van der Waals surface area (Å²) in [6.07, 6.45) is 0. The van der Waals surface area contributed by atoms with Crippen molar-refractivity contribution >= 4 is 33.2 Å². The summed E-state index contributed by atoms with van der Waals surface area (Å²) in [6.45, 7) is 0. The molecule has 0 unspecified atom stereocenters. The molecule has 0 bridgehead atoms. The van der Waals surface area contributed by atoms with Crippen LogP contribution in [0.1, 0.15) is 10.4 Å². The molecule has 0 aromatic heterocycles. The number of benzene rings is 2. The van der Waals surface area contributed by atoms with Gasteiger partial charge in [0, 0.05) is 11.3 Å². The number of anilines is 1. The smallest absolute Gasteiger partial charge is 0.255 e. The summed E-state index contributed by atoms with van der Waals surface area (Å²) in [4.78, 5) is 11.8. The highest BCUT2D eigenvalue weighted by molar-refractivity contribution is 7.89. The van der Waals surface area contributed by atoms with Crippen LogP contribution in [-0.2, 0) is 10.0 Å². The third-order valence-corrected chi connectivity index (χ3v) is 3.82. The molecule has 3 N–H and O–H groups in total. The summed E-state index contributed by atoms with van der Waals surface area (Å²) in [5, 5.41) is 7.35. The minimum absolute atomic E-state index is 0.0536. The molecule has 0 fully saturated rings. The maximum Gasteiger partial charge on any atom is 0.255 e. The number of carbonyl (C=O) groups excluding carboxylic acids is 1. The molecule has 0 radical (unpaired) electrons. The number of primary sulfonamides is 1. The summed E-state index contributed by atoms with van der Waals surface area (Å²) in [6, 6.07) is 9.02. The van der Waals surface area contributed by atoms with E-state index in [1.54, 1.807) is 0 Å². The van der Waals surface area contributed by atoms with Crippen molar-refractivity contribution < 1.29 is 17.6 Å². The molecule has 0 atom stereocenters. The summed E-state index contributed by atoms with van der Waals surface area (Å²) < 4.78 is 35.7. The second-order valence-electron chi connectivity index (χ2n) is 4.16. The molecule has 2 aromatic carbocycles. The third-order valence-electron chi connectivity index (χ3n) is 2.60. The number of halogens is 2. The Bertz CT molecular complexity index is 809. The van der Waals surface area contributed by atoms with Gasteiger partial charge in [0.15, 0.2) is 0 Å². The van der Waals surface area contributed by atoms with E-state index >= 15 is 0 Å². The molecule has 0 aliphatic heterocycles. The van der Waals surface area contributed by atoms with E-state index in [0.29, 0.717) is 0 Å². The molecular weight excluding hydrogens is 319 g/mol. The number of hydrogen-bond donors (Lipinski definition) is 2. The molecule has 0 saturated carbocycles. The zero-order chi connectivity index (χ0) is 15.6. The fraction of sp³-hybridized carbons (Fsp3) is 0. The molecule has 0 aliphatic rings. The predicted octanol–water partition coefficient (Wildman–Crippen LogP) is 2.38. The van der Waals surface area contributed by atoms with E-state index in [2.05, 4.69) is 5.32 Å². The maximum atomic E-state index is 13.3. The molecule has 110 valence electrons. The van der Waals surface area contributed by atoms with Crippen molar-refractivity contribution in [3.05, 3.63) is 58.9 Å². The van der Waals surface area contributed by atoms with Crippen LogP contribution in [0.5, 0.6) is 0 Å². The zero-order valence-electron chi connectivity index (χ0n) is 10.5. The second kappa shape index (κ2) is 5.80. The van der Waals surface area contributed by atoms with Gasteiger partial charge in [-0.2, -0.15) is 0 Å². The van der Waals surface area contributed by atoms with Gasteiger partial charge in [-0.1, -0.05) is 17.7 Å². The minimum atomic E-state index is -3.87. The molecule has 0 saturated heterocycles. The fourth-order valence-electron chi connectivity index (χ4n) is 1.59. The molecule has 21 heavy (non-hydrogen) atoms. The summed E-state index contributed by atoms with van der Waals surface area (Å²) in [5.41, 5.74) is 0.278. The zero-order valence-corrected chi connectivity index (χ0v) is 12.1. The second-order valence-corrected chi connectivity index (χ2v) is 6.12. The van der Waals surface area contributed by atoms with Crippen molar-refractivity contribution in [1.29, 1.82) is 0 Å². The highest BCUT2D eigenvalue weighted by Gasteiger charge is 2.12. The number of nitrogens with two attached hydrogens (primary N) is 1. The van der Waals surface area contributed by atoms with Crippen LogP contribution < -0.4 is 10.5 Å². The summed E-state index contributed by atoms with van der Waals surface area (Å²) >= 11 is 5.53. The number of nitrogens with one attached hydrogen (secondary N) is 1. The van der Waals surface area contributed by atoms with Crippen LogP contribution in [0, 0.1) is 5.82 Å². The molecular formula is C13H10ClFN2O3S. The lowest BCUT2D eigenvalue weighted by atomic mass is 10.2. The minimum Gasteiger partial charge on any atom is -0.322 e. The Labute approximate surface area is 125 Å². The highest BCUT2D eigenvalue weighted by atomic mass is 35.5. The first-order chi connectivity index (χ1) is 9.77. The van der Waals surface area contributed by atoms with Crippen molar-refractivity contribution in [3.8, 4) is 0 Å². The first kappa shape index (κ1) is 15.4. The van der Waals surface area contributed by atoms with Crippen LogP contribution in [0.4, 0.5) is 10.1 Å². The molecule has 5 nitrogen and oxygen atoms in total. The lowest BCUT2D eigenvalue weighted by Gasteiger charge is -2.07. The van der Waals surface area contributed by atoms with Gasteiger partial charge in [0.2, 0.25) is 10.0 Å². The van der Waals surface area contributed by atoms with Crippen LogP contribution in [0.25, 0.3) is 0 Å². The van der Waals surface area contributed by atoms with Gasteiger partial charge in [0.1, 0.15) is 5.82 Å². The average molecular weight is 329 g/mol. The Morgan fingerprint density at radius 3 is 2.52 bits per heavy atom. The lowest BCUT2D eigenvalue weighted by molar-refractivity contribution is 0.102. The van der Waals surface area contributed by atoms with Gasteiger partial charge in [-0.3, -0.25) is 4.79 Å². The van der Waals surface area contributed by atoms with Crippen LogP contribution in [-0.4, -0.2) is 14.3 Å². The first-order valence-corrected chi connectivity index (χ1v) is 7.59. The lowest BCUT2D eigenvalue weighted by Crippen LogP contribution is -2.15. The van der Waals surface area contributed by atoms with Crippen molar-refractivity contribution in [2.24, 2.45) is 5.14 Å². The third kappa shape index (κ3) is 3.78. The van der Waals surface area contributed by atoms with Gasteiger partial charge in [0.25, 0.3) is 5.91 Å². The summed E-state index contributed by atoms with van der Waals surface area (Å²) in [5.74, 6) is -1.32. The first-order valence-electron chi connectivity index (χ1n) is 5.66. The molecule has 0 heterocycles. The molecule has 1 amide bonds. The molecule has 0 aliphatic carbocycles. The van der Waals surface area contributed by atoms with Crippen molar-refractivity contribution in [2.75, 3.05) is 5.32 Å². The Morgan fingerprint density at radius 1 is 1.19 bits per heavy atom. The van der Waals surface area contributed by atoms with Gasteiger partial charge >= 0.3 is 0 Å². The van der Waals surface area contributed by atoms with Crippen LogP contribution in [0.15, 0.2) is 47.4 Å². The normalized spacial score (nSPS) is 11.2. The number of carbonyl (C=O) groups is 1. The van der Waals surface area contributed by atoms with Gasteiger partial charge in [-0.05, 0) is 36.4 Å². The van der Waals surface area contributed by atoms with Gasteiger partial charge in [-0.15, -0.1) is 0 Å². The number of sulfonamides is 1. The molecule has 0 spiro atoms. The number of hydrogen-bond acceptors (Lipinski definition) is 3. The molecule has 2 aromatic rings. The quantitative estimate of drug-likeness (QED) is 0.906. The van der Waals surface area contributed by atoms with Crippen molar-refractivity contribution in [1.82, 2.24) is 0 Å². The van der Waals surface area contributed by atoms with Crippen LogP contribution in [0.3, 0.4) is 0 Å². The molecule has 2 rings (SSSR count). The Hall–Kier alpha value is -1.96. The highest BCUT2D eigenvalue weighted by Crippen LogP contribution is 2.18.